The van der Waals surface area contributed by atoms with Crippen LogP contribution in [0.25, 0.3) is 0 Å². The molecule has 6 heavy (non-hydrogen) atoms. The van der Waals surface area contributed by atoms with E-state index in [4.69, 9.17) is 0 Å². The Morgan fingerprint density at radius 3 is 1.50 bits per heavy atom. The van der Waals surface area contributed by atoms with E-state index in [0.29, 0.717) is 0 Å². The highest BCUT2D eigenvalue weighted by Gasteiger charge is 1.77. The molecule has 0 amide bonds. The smallest absolute Gasteiger partial charge is 0.0174 e. The molecule has 0 radical (unpaired) electrons. The molecule has 3 heteroatoms. The zero-order chi connectivity index (χ0) is 4.99. The van der Waals surface area contributed by atoms with Gasteiger partial charge in [-0.25, -0.2) is 10.9 Å². The number of hydrogen-bond acceptors (Lipinski definition) is 3. The zero-order valence-electron chi connectivity index (χ0n) is 4.45. The number of hydrogen-bond donors (Lipinski definition) is 2. The molecule has 0 aromatic rings. The SMILES string of the molecule is CNN(C)NC. The molecule has 38 valence electrons. The van der Waals surface area contributed by atoms with Crippen molar-refractivity contribution in [3.8, 4) is 0 Å². The lowest BCUT2D eigenvalue weighted by atomic mass is 11.3. The predicted octanol–water partition coefficient (Wildman–Crippen LogP) is -0.813. The van der Waals surface area contributed by atoms with Crippen LogP contribution >= 0.6 is 0 Å². The zero-order valence-corrected chi connectivity index (χ0v) is 4.45. The second-order valence-electron chi connectivity index (χ2n) is 1.01. The lowest BCUT2D eigenvalue weighted by molar-refractivity contribution is 0.192. The van der Waals surface area contributed by atoms with E-state index in [9.17, 15) is 0 Å². The van der Waals surface area contributed by atoms with Gasteiger partial charge < -0.3 is 0 Å². The van der Waals surface area contributed by atoms with E-state index in [2.05, 4.69) is 10.9 Å². The Morgan fingerprint density at radius 2 is 1.50 bits per heavy atom. The van der Waals surface area contributed by atoms with Crippen molar-refractivity contribution in [3.05, 3.63) is 0 Å². The monoisotopic (exact) mass is 89.1 g/mol. The molecule has 0 aromatic carbocycles. The molecule has 0 saturated carbocycles. The molecule has 0 saturated heterocycles. The first-order chi connectivity index (χ1) is 2.81. The first-order valence-corrected chi connectivity index (χ1v) is 1.89. The molecule has 0 rings (SSSR count). The third kappa shape index (κ3) is 2.14. The van der Waals surface area contributed by atoms with Crippen LogP contribution in [0.3, 0.4) is 0 Å². The normalized spacial score (nSPS) is 10.0. The molecular formula is C3H11N3. The molecule has 0 aromatic heterocycles. The van der Waals surface area contributed by atoms with Crippen LogP contribution in [0.1, 0.15) is 0 Å². The Labute approximate surface area is 38.3 Å². The summed E-state index contributed by atoms with van der Waals surface area (Å²) >= 11 is 0. The van der Waals surface area contributed by atoms with Crippen molar-refractivity contribution >= 4 is 0 Å². The van der Waals surface area contributed by atoms with Crippen LogP contribution < -0.4 is 10.9 Å². The summed E-state index contributed by atoms with van der Waals surface area (Å²) in [5.41, 5.74) is 5.67. The van der Waals surface area contributed by atoms with Crippen LogP contribution in [-0.2, 0) is 0 Å². The molecule has 0 fully saturated rings. The van der Waals surface area contributed by atoms with Gasteiger partial charge in [-0.05, 0) is 0 Å². The van der Waals surface area contributed by atoms with Gasteiger partial charge in [-0.15, -0.1) is 0 Å². The van der Waals surface area contributed by atoms with E-state index in [-0.39, 0.29) is 0 Å². The highest BCUT2D eigenvalue weighted by molar-refractivity contribution is 4.15. The largest absolute Gasteiger partial charge is 0.245 e. The maximum atomic E-state index is 2.84. The summed E-state index contributed by atoms with van der Waals surface area (Å²) < 4.78 is 0. The van der Waals surface area contributed by atoms with Crippen molar-refractivity contribution in [1.82, 2.24) is 16.0 Å². The number of nitrogens with one attached hydrogen (secondary N) is 2. The summed E-state index contributed by atoms with van der Waals surface area (Å²) in [5, 5.41) is 1.75. The van der Waals surface area contributed by atoms with Crippen molar-refractivity contribution in [2.24, 2.45) is 0 Å². The van der Waals surface area contributed by atoms with Crippen LogP contribution in [0.2, 0.25) is 0 Å². The van der Waals surface area contributed by atoms with Crippen LogP contribution in [0, 0.1) is 0 Å². The molecule has 0 bridgehead atoms. The second kappa shape index (κ2) is 3.08. The van der Waals surface area contributed by atoms with Crippen molar-refractivity contribution < 1.29 is 0 Å². The Bertz CT molecular complexity index is 25.2. The Balaban J connectivity index is 2.75. The summed E-state index contributed by atoms with van der Waals surface area (Å²) in [6.07, 6.45) is 0. The van der Waals surface area contributed by atoms with Crippen molar-refractivity contribution in [2.75, 3.05) is 21.1 Å². The van der Waals surface area contributed by atoms with Gasteiger partial charge >= 0.3 is 0 Å². The third-order valence-corrected chi connectivity index (χ3v) is 0.671. The minimum Gasteiger partial charge on any atom is -0.245 e. The molecular weight excluding hydrogens is 78.1 g/mol. The second-order valence-corrected chi connectivity index (χ2v) is 1.01. The minimum atomic E-state index is 1.75. The lowest BCUT2D eigenvalue weighted by Gasteiger charge is -2.10. The molecule has 0 aliphatic heterocycles. The fraction of sp³-hybridized carbons (Fsp3) is 1.00. The highest BCUT2D eigenvalue weighted by atomic mass is 15.7. The quantitative estimate of drug-likeness (QED) is 0.433. The van der Waals surface area contributed by atoms with Gasteiger partial charge in [-0.3, -0.25) is 0 Å². The summed E-state index contributed by atoms with van der Waals surface area (Å²) in [6.45, 7) is 0. The van der Waals surface area contributed by atoms with E-state index in [1.807, 2.05) is 21.1 Å². The molecule has 3 nitrogen and oxygen atoms in total. The molecule has 0 aliphatic rings. The van der Waals surface area contributed by atoms with Crippen LogP contribution in [0.15, 0.2) is 0 Å². The predicted molar refractivity (Wildman–Crippen MR) is 25.9 cm³/mol. The summed E-state index contributed by atoms with van der Waals surface area (Å²) in [7, 11) is 5.58. The topological polar surface area (TPSA) is 27.3 Å². The van der Waals surface area contributed by atoms with Gasteiger partial charge in [0.2, 0.25) is 0 Å². The van der Waals surface area contributed by atoms with E-state index < -0.39 is 0 Å². The Morgan fingerprint density at radius 1 is 1.17 bits per heavy atom. The Kier molecular flexibility index (Phi) is 3.02. The number of hydrazine groups is 2. The molecule has 0 atom stereocenters. The van der Waals surface area contributed by atoms with Crippen LogP contribution in [-0.4, -0.2) is 26.3 Å². The van der Waals surface area contributed by atoms with Crippen molar-refractivity contribution in [1.29, 1.82) is 0 Å². The molecule has 0 aliphatic carbocycles. The van der Waals surface area contributed by atoms with E-state index in [1.165, 1.54) is 0 Å². The molecule has 0 spiro atoms. The summed E-state index contributed by atoms with van der Waals surface area (Å²) in [4.78, 5) is 0. The van der Waals surface area contributed by atoms with Crippen molar-refractivity contribution in [2.45, 2.75) is 0 Å². The van der Waals surface area contributed by atoms with Gasteiger partial charge in [0.15, 0.2) is 0 Å². The van der Waals surface area contributed by atoms with Gasteiger partial charge in [-0.2, -0.15) is 5.12 Å². The maximum absolute atomic E-state index is 2.84. The van der Waals surface area contributed by atoms with E-state index in [1.54, 1.807) is 5.12 Å². The highest BCUT2D eigenvalue weighted by Crippen LogP contribution is 1.50. The molecule has 0 heterocycles. The number of rotatable bonds is 2. The van der Waals surface area contributed by atoms with Gasteiger partial charge in [0.05, 0.1) is 0 Å². The summed E-state index contributed by atoms with van der Waals surface area (Å²) in [5.74, 6) is 0. The average Bonchev–Trinajstić information content (AvgIpc) is 1.65. The van der Waals surface area contributed by atoms with Crippen molar-refractivity contribution in [3.63, 3.8) is 0 Å². The minimum absolute atomic E-state index is 1.75. The first kappa shape index (κ1) is 5.88. The van der Waals surface area contributed by atoms with Crippen LogP contribution in [0.5, 0.6) is 0 Å². The lowest BCUT2D eigenvalue weighted by Crippen LogP contribution is -2.40. The molecule has 2 N–H and O–H groups in total. The summed E-state index contributed by atoms with van der Waals surface area (Å²) in [6, 6.07) is 0. The fourth-order valence-corrected chi connectivity index (χ4v) is 0.112. The van der Waals surface area contributed by atoms with E-state index >= 15 is 0 Å². The van der Waals surface area contributed by atoms with Gasteiger partial charge in [0, 0.05) is 21.1 Å². The fourth-order valence-electron chi connectivity index (χ4n) is 0.112. The Hall–Kier alpha value is -0.120. The van der Waals surface area contributed by atoms with Gasteiger partial charge in [0.25, 0.3) is 0 Å². The maximum Gasteiger partial charge on any atom is 0.0174 e. The van der Waals surface area contributed by atoms with E-state index in [0.717, 1.165) is 0 Å². The van der Waals surface area contributed by atoms with Crippen LogP contribution in [0.4, 0.5) is 0 Å². The standard InChI is InChI=1S/C3H11N3/c1-4-6(3)5-2/h4-5H,1-3H3. The number of nitrogens with zero attached hydrogens (tertiary/aromatic N) is 1. The average molecular weight is 89.1 g/mol. The van der Waals surface area contributed by atoms with Gasteiger partial charge in [-0.1, -0.05) is 0 Å². The molecule has 0 unspecified atom stereocenters. The third-order valence-electron chi connectivity index (χ3n) is 0.671. The van der Waals surface area contributed by atoms with Gasteiger partial charge in [0.1, 0.15) is 0 Å². The first-order valence-electron chi connectivity index (χ1n) is 1.89.